The van der Waals surface area contributed by atoms with E-state index >= 15 is 0 Å². The zero-order valence-electron chi connectivity index (χ0n) is 21.0. The van der Waals surface area contributed by atoms with Gasteiger partial charge >= 0.3 is 6.18 Å². The fourth-order valence-corrected chi connectivity index (χ4v) is 4.57. The highest BCUT2D eigenvalue weighted by Gasteiger charge is 2.47. The molecule has 1 aliphatic rings. The van der Waals surface area contributed by atoms with Gasteiger partial charge in [-0.1, -0.05) is 6.07 Å². The first-order valence-electron chi connectivity index (χ1n) is 11.3. The zero-order chi connectivity index (χ0) is 26.4. The van der Waals surface area contributed by atoms with Gasteiger partial charge in [-0.2, -0.15) is 23.4 Å². The number of alkyl halides is 3. The van der Waals surface area contributed by atoms with Crippen molar-refractivity contribution in [2.75, 3.05) is 26.6 Å². The van der Waals surface area contributed by atoms with E-state index in [1.165, 1.54) is 25.3 Å². The van der Waals surface area contributed by atoms with Crippen molar-refractivity contribution < 1.29 is 27.4 Å². The average Bonchev–Trinajstić information content (AvgIpc) is 3.37. The zero-order valence-corrected chi connectivity index (χ0v) is 21.0. The molecule has 0 bridgehead atoms. The number of halogens is 3. The summed E-state index contributed by atoms with van der Waals surface area (Å²) in [5, 5.41) is 11.5. The molecule has 0 saturated carbocycles. The van der Waals surface area contributed by atoms with Crippen LogP contribution in [-0.4, -0.2) is 57.8 Å². The summed E-state index contributed by atoms with van der Waals surface area (Å²) in [5.41, 5.74) is 3.22. The SMILES string of the molecule is COc1ccc([C@H]2C[C@@H](C(F)(F)F)n3ncc(C(=O)N(C)Cc4c(C)nn(C)c4C)c3N2)cc1OC. The van der Waals surface area contributed by atoms with Crippen molar-refractivity contribution >= 4 is 11.7 Å². The van der Waals surface area contributed by atoms with Gasteiger partial charge in [0.15, 0.2) is 17.5 Å². The first-order chi connectivity index (χ1) is 17.0. The van der Waals surface area contributed by atoms with Crippen LogP contribution in [0.2, 0.25) is 0 Å². The Morgan fingerprint density at radius 3 is 2.50 bits per heavy atom. The van der Waals surface area contributed by atoms with Crippen LogP contribution in [0.15, 0.2) is 24.4 Å². The molecule has 1 N–H and O–H groups in total. The lowest BCUT2D eigenvalue weighted by Gasteiger charge is -2.34. The molecule has 0 radical (unpaired) electrons. The lowest BCUT2D eigenvalue weighted by Crippen LogP contribution is -2.36. The van der Waals surface area contributed by atoms with Crippen molar-refractivity contribution in [3.63, 3.8) is 0 Å². The Kier molecular flexibility index (Phi) is 6.63. The first-order valence-corrected chi connectivity index (χ1v) is 11.3. The average molecular weight is 507 g/mol. The van der Waals surface area contributed by atoms with Gasteiger partial charge in [0.25, 0.3) is 5.91 Å². The fourth-order valence-electron chi connectivity index (χ4n) is 4.57. The number of methoxy groups -OCH3 is 2. The molecule has 12 heteroatoms. The number of carbonyl (C=O) groups is 1. The third kappa shape index (κ3) is 4.47. The van der Waals surface area contributed by atoms with Crippen LogP contribution in [0, 0.1) is 13.8 Å². The van der Waals surface area contributed by atoms with Gasteiger partial charge in [0.1, 0.15) is 11.4 Å². The Bertz CT molecular complexity index is 1280. The van der Waals surface area contributed by atoms with E-state index in [0.29, 0.717) is 17.1 Å². The number of nitrogens with zero attached hydrogens (tertiary/aromatic N) is 5. The fraction of sp³-hybridized carbons (Fsp3) is 0.458. The molecule has 3 heterocycles. The van der Waals surface area contributed by atoms with E-state index in [1.54, 1.807) is 29.9 Å². The molecule has 0 fully saturated rings. The number of rotatable bonds is 6. The monoisotopic (exact) mass is 506 g/mol. The highest BCUT2D eigenvalue weighted by molar-refractivity contribution is 5.98. The Balaban J connectivity index is 1.69. The van der Waals surface area contributed by atoms with Crippen molar-refractivity contribution in [2.24, 2.45) is 7.05 Å². The smallest absolute Gasteiger partial charge is 0.410 e. The Morgan fingerprint density at radius 1 is 1.22 bits per heavy atom. The van der Waals surface area contributed by atoms with E-state index < -0.39 is 24.2 Å². The van der Waals surface area contributed by atoms with Gasteiger partial charge < -0.3 is 19.7 Å². The molecular weight excluding hydrogens is 477 g/mol. The summed E-state index contributed by atoms with van der Waals surface area (Å²) in [5.74, 6) is 0.450. The molecule has 0 aliphatic carbocycles. The van der Waals surface area contributed by atoms with Gasteiger partial charge in [-0.05, 0) is 31.5 Å². The molecule has 0 saturated heterocycles. The molecular formula is C24H29F3N6O3. The van der Waals surface area contributed by atoms with Crippen LogP contribution in [0.25, 0.3) is 0 Å². The molecule has 3 aromatic rings. The molecule has 1 amide bonds. The van der Waals surface area contributed by atoms with E-state index in [9.17, 15) is 18.0 Å². The summed E-state index contributed by atoms with van der Waals surface area (Å²) in [6, 6.07) is 2.32. The number of carbonyl (C=O) groups excluding carboxylic acids is 1. The van der Waals surface area contributed by atoms with Crippen LogP contribution in [-0.2, 0) is 13.6 Å². The minimum absolute atomic E-state index is 0.0276. The standard InChI is InChI=1S/C24H29F3N6O3/c1-13-17(14(2)32(4)30-13)12-31(3)23(34)16-11-28-33-21(24(25,26)27)10-18(29-22(16)33)15-7-8-19(35-5)20(9-15)36-6/h7-9,11,18,21,29H,10,12H2,1-6H3/t18-,21+/m1/s1. The molecule has 194 valence electrons. The van der Waals surface area contributed by atoms with Crippen molar-refractivity contribution in [1.82, 2.24) is 24.5 Å². The number of benzene rings is 1. The summed E-state index contributed by atoms with van der Waals surface area (Å²) in [6.45, 7) is 4.01. The van der Waals surface area contributed by atoms with E-state index in [4.69, 9.17) is 9.47 Å². The normalized spacial score (nSPS) is 17.4. The predicted octanol–water partition coefficient (Wildman–Crippen LogP) is 4.18. The number of anilines is 1. The van der Waals surface area contributed by atoms with Gasteiger partial charge in [0.2, 0.25) is 0 Å². The maximum Gasteiger partial charge on any atom is 0.410 e. The largest absolute Gasteiger partial charge is 0.493 e. The molecule has 0 unspecified atom stereocenters. The third-order valence-corrected chi connectivity index (χ3v) is 6.68. The molecule has 2 atom stereocenters. The third-order valence-electron chi connectivity index (χ3n) is 6.68. The summed E-state index contributed by atoms with van der Waals surface area (Å²) in [7, 11) is 6.37. The predicted molar refractivity (Wildman–Crippen MR) is 126 cm³/mol. The minimum Gasteiger partial charge on any atom is -0.493 e. The number of ether oxygens (including phenoxy) is 2. The number of aromatic nitrogens is 4. The number of nitrogens with one attached hydrogen (secondary N) is 1. The van der Waals surface area contributed by atoms with Crippen molar-refractivity contribution in [3.8, 4) is 11.5 Å². The maximum atomic E-state index is 14.1. The van der Waals surface area contributed by atoms with Gasteiger partial charge in [-0.25, -0.2) is 4.68 Å². The lowest BCUT2D eigenvalue weighted by atomic mass is 9.96. The van der Waals surface area contributed by atoms with Crippen LogP contribution in [0.4, 0.5) is 19.0 Å². The van der Waals surface area contributed by atoms with Gasteiger partial charge in [0, 0.05) is 38.3 Å². The van der Waals surface area contributed by atoms with Crippen LogP contribution in [0.5, 0.6) is 11.5 Å². The highest BCUT2D eigenvalue weighted by atomic mass is 19.4. The summed E-state index contributed by atoms with van der Waals surface area (Å²) in [4.78, 5) is 14.8. The molecule has 36 heavy (non-hydrogen) atoms. The summed E-state index contributed by atoms with van der Waals surface area (Å²) < 4.78 is 55.4. The Morgan fingerprint density at radius 2 is 1.92 bits per heavy atom. The van der Waals surface area contributed by atoms with E-state index in [2.05, 4.69) is 15.5 Å². The van der Waals surface area contributed by atoms with Crippen LogP contribution >= 0.6 is 0 Å². The highest BCUT2D eigenvalue weighted by Crippen LogP contribution is 2.45. The van der Waals surface area contributed by atoms with E-state index in [1.807, 2.05) is 20.9 Å². The Hall–Kier alpha value is -3.70. The van der Waals surface area contributed by atoms with Gasteiger partial charge in [-0.3, -0.25) is 9.48 Å². The molecule has 1 aromatic carbocycles. The summed E-state index contributed by atoms with van der Waals surface area (Å²) >= 11 is 0. The van der Waals surface area contributed by atoms with Gasteiger partial charge in [-0.15, -0.1) is 0 Å². The maximum absolute atomic E-state index is 14.1. The molecule has 4 rings (SSSR count). The number of aryl methyl sites for hydroxylation is 2. The minimum atomic E-state index is -4.56. The second kappa shape index (κ2) is 9.40. The number of hydrogen-bond acceptors (Lipinski definition) is 6. The van der Waals surface area contributed by atoms with Crippen LogP contribution < -0.4 is 14.8 Å². The second-order valence-corrected chi connectivity index (χ2v) is 8.89. The van der Waals surface area contributed by atoms with Crippen molar-refractivity contribution in [3.05, 3.63) is 52.5 Å². The topological polar surface area (TPSA) is 86.4 Å². The van der Waals surface area contributed by atoms with Crippen molar-refractivity contribution in [1.29, 1.82) is 0 Å². The van der Waals surface area contributed by atoms with Gasteiger partial charge in [0.05, 0.1) is 32.2 Å². The lowest BCUT2D eigenvalue weighted by molar-refractivity contribution is -0.173. The number of amides is 1. The molecule has 0 spiro atoms. The molecule has 9 nitrogen and oxygen atoms in total. The van der Waals surface area contributed by atoms with E-state index in [-0.39, 0.29) is 24.3 Å². The first kappa shape index (κ1) is 25.4. The summed E-state index contributed by atoms with van der Waals surface area (Å²) in [6.07, 6.45) is -3.67. The van der Waals surface area contributed by atoms with Crippen LogP contribution in [0.1, 0.15) is 51.4 Å². The Labute approximate surface area is 206 Å². The molecule has 1 aliphatic heterocycles. The number of fused-ring (bicyclic) bond motifs is 1. The second-order valence-electron chi connectivity index (χ2n) is 8.89. The van der Waals surface area contributed by atoms with Crippen LogP contribution in [0.3, 0.4) is 0 Å². The quantitative estimate of drug-likeness (QED) is 0.540. The van der Waals surface area contributed by atoms with Crippen molar-refractivity contribution in [2.45, 2.75) is 45.1 Å². The van der Waals surface area contributed by atoms with E-state index in [0.717, 1.165) is 21.6 Å². The molecule has 2 aromatic heterocycles. The number of hydrogen-bond donors (Lipinski definition) is 1.